The van der Waals surface area contributed by atoms with Gasteiger partial charge in [-0.2, -0.15) is 0 Å². The molecule has 0 saturated carbocycles. The molecule has 1 unspecified atom stereocenters. The molecule has 0 bridgehead atoms. The quantitative estimate of drug-likeness (QED) is 0.789. The molecule has 166 valence electrons. The fourth-order valence-electron chi connectivity index (χ4n) is 5.26. The van der Waals surface area contributed by atoms with Crippen LogP contribution in [0.15, 0.2) is 48.5 Å². The first-order valence-corrected chi connectivity index (χ1v) is 11.3. The minimum Gasteiger partial charge on any atom is -0.371 e. The average molecular weight is 433 g/mol. The maximum Gasteiger partial charge on any atom is 0.258 e. The molecule has 0 spiro atoms. The smallest absolute Gasteiger partial charge is 0.258 e. The first kappa shape index (κ1) is 20.5. The average Bonchev–Trinajstić information content (AvgIpc) is 3.44. The summed E-state index contributed by atoms with van der Waals surface area (Å²) in [7, 11) is 0. The fourth-order valence-corrected chi connectivity index (χ4v) is 5.26. The molecular formula is C25H28N4O3. The second-order valence-electron chi connectivity index (χ2n) is 8.95. The molecule has 5 rings (SSSR count). The number of rotatable bonds is 5. The molecule has 0 aliphatic carbocycles. The molecule has 3 aliphatic heterocycles. The van der Waals surface area contributed by atoms with Gasteiger partial charge in [0.2, 0.25) is 11.8 Å². The molecule has 3 heterocycles. The van der Waals surface area contributed by atoms with Crippen molar-refractivity contribution in [2.45, 2.75) is 44.8 Å². The van der Waals surface area contributed by atoms with E-state index in [-0.39, 0.29) is 24.3 Å². The summed E-state index contributed by atoms with van der Waals surface area (Å²) in [6.07, 6.45) is 3.25. The van der Waals surface area contributed by atoms with Crippen LogP contribution in [0.1, 0.15) is 48.5 Å². The lowest BCUT2D eigenvalue weighted by atomic mass is 9.98. The Kier molecular flexibility index (Phi) is 5.12. The number of amides is 3. The van der Waals surface area contributed by atoms with Crippen LogP contribution in [0.25, 0.3) is 0 Å². The molecule has 1 atom stereocenters. The van der Waals surface area contributed by atoms with Gasteiger partial charge in [-0.3, -0.25) is 19.3 Å². The lowest BCUT2D eigenvalue weighted by Gasteiger charge is -2.48. The molecular weight excluding hydrogens is 404 g/mol. The molecule has 2 aromatic rings. The number of nitrogens with zero attached hydrogens (tertiary/aromatic N) is 3. The second-order valence-corrected chi connectivity index (χ2v) is 8.95. The van der Waals surface area contributed by atoms with Gasteiger partial charge in [-0.1, -0.05) is 30.3 Å². The van der Waals surface area contributed by atoms with E-state index in [1.165, 1.54) is 12.8 Å². The van der Waals surface area contributed by atoms with Crippen molar-refractivity contribution in [1.29, 1.82) is 0 Å². The van der Waals surface area contributed by atoms with Crippen molar-refractivity contribution < 1.29 is 14.4 Å². The summed E-state index contributed by atoms with van der Waals surface area (Å²) in [4.78, 5) is 44.6. The topological polar surface area (TPSA) is 73.0 Å². The number of anilines is 2. The summed E-state index contributed by atoms with van der Waals surface area (Å²) >= 11 is 0. The van der Waals surface area contributed by atoms with Crippen LogP contribution in [-0.2, 0) is 16.1 Å². The van der Waals surface area contributed by atoms with Gasteiger partial charge in [-0.25, -0.2) is 0 Å². The standard InChI is InChI=1S/C25H28N4O3/c1-25-13-12-23(31)29(25)21-11-5-3-9-19(21)24(32)28(25)17-22(30)26-16-18-8-2-4-10-20(18)27-14-6-7-15-27/h2-5,8-11H,6-7,12-17H2,1H3,(H,26,30). The molecule has 7 nitrogen and oxygen atoms in total. The molecule has 7 heteroatoms. The Labute approximate surface area is 188 Å². The van der Waals surface area contributed by atoms with Crippen molar-refractivity contribution in [1.82, 2.24) is 10.2 Å². The Morgan fingerprint density at radius 1 is 1.00 bits per heavy atom. The van der Waals surface area contributed by atoms with Crippen molar-refractivity contribution in [3.63, 3.8) is 0 Å². The van der Waals surface area contributed by atoms with Gasteiger partial charge in [0.15, 0.2) is 0 Å². The maximum absolute atomic E-state index is 13.3. The zero-order valence-corrected chi connectivity index (χ0v) is 18.3. The van der Waals surface area contributed by atoms with Crippen molar-refractivity contribution in [3.05, 3.63) is 59.7 Å². The van der Waals surface area contributed by atoms with Crippen molar-refractivity contribution >= 4 is 29.1 Å². The van der Waals surface area contributed by atoms with E-state index in [9.17, 15) is 14.4 Å². The minimum atomic E-state index is -0.826. The Hall–Kier alpha value is -3.35. The van der Waals surface area contributed by atoms with Crippen molar-refractivity contribution in [3.8, 4) is 0 Å². The predicted octanol–water partition coefficient (Wildman–Crippen LogP) is 2.90. The first-order chi connectivity index (χ1) is 15.5. The van der Waals surface area contributed by atoms with Crippen LogP contribution >= 0.6 is 0 Å². The molecule has 32 heavy (non-hydrogen) atoms. The molecule has 0 aromatic heterocycles. The predicted molar refractivity (Wildman–Crippen MR) is 122 cm³/mol. The van der Waals surface area contributed by atoms with Crippen LogP contribution in [0, 0.1) is 0 Å². The third-order valence-corrected chi connectivity index (χ3v) is 6.96. The van der Waals surface area contributed by atoms with E-state index in [4.69, 9.17) is 0 Å². The molecule has 2 saturated heterocycles. The van der Waals surface area contributed by atoms with Crippen LogP contribution in [0.4, 0.5) is 11.4 Å². The summed E-state index contributed by atoms with van der Waals surface area (Å²) in [6.45, 7) is 4.27. The van der Waals surface area contributed by atoms with Gasteiger partial charge in [0.1, 0.15) is 12.2 Å². The minimum absolute atomic E-state index is 0.0163. The normalized spacial score (nSPS) is 22.2. The number of fused-ring (bicyclic) bond motifs is 3. The fraction of sp³-hybridized carbons (Fsp3) is 0.400. The number of nitrogens with one attached hydrogen (secondary N) is 1. The van der Waals surface area contributed by atoms with Gasteiger partial charge in [0.05, 0.1) is 11.3 Å². The molecule has 1 N–H and O–H groups in total. The van der Waals surface area contributed by atoms with Crippen LogP contribution in [0.2, 0.25) is 0 Å². The highest BCUT2D eigenvalue weighted by atomic mass is 16.2. The zero-order valence-electron chi connectivity index (χ0n) is 18.3. The van der Waals surface area contributed by atoms with E-state index in [0.717, 1.165) is 24.3 Å². The lowest BCUT2D eigenvalue weighted by molar-refractivity contribution is -0.124. The van der Waals surface area contributed by atoms with Crippen LogP contribution in [0.3, 0.4) is 0 Å². The van der Waals surface area contributed by atoms with Gasteiger partial charge >= 0.3 is 0 Å². The number of carbonyl (C=O) groups excluding carboxylic acids is 3. The number of carbonyl (C=O) groups is 3. The van der Waals surface area contributed by atoms with Crippen molar-refractivity contribution in [2.24, 2.45) is 0 Å². The van der Waals surface area contributed by atoms with E-state index < -0.39 is 5.66 Å². The zero-order chi connectivity index (χ0) is 22.3. The number of hydrogen-bond acceptors (Lipinski definition) is 4. The van der Waals surface area contributed by atoms with E-state index >= 15 is 0 Å². The lowest BCUT2D eigenvalue weighted by Crippen LogP contribution is -2.63. The van der Waals surface area contributed by atoms with E-state index in [1.807, 2.05) is 31.2 Å². The largest absolute Gasteiger partial charge is 0.371 e. The summed E-state index contributed by atoms with van der Waals surface area (Å²) in [5.74, 6) is -0.450. The van der Waals surface area contributed by atoms with E-state index in [0.29, 0.717) is 30.6 Å². The number of hydrogen-bond donors (Lipinski definition) is 1. The third kappa shape index (κ3) is 3.32. The highest BCUT2D eigenvalue weighted by Gasteiger charge is 2.53. The highest BCUT2D eigenvalue weighted by Crippen LogP contribution is 2.43. The SMILES string of the molecule is CC12CCC(=O)N1c1ccccc1C(=O)N2CC(=O)NCc1ccccc1N1CCCC1. The van der Waals surface area contributed by atoms with Gasteiger partial charge in [0, 0.05) is 31.7 Å². The molecule has 0 radical (unpaired) electrons. The van der Waals surface area contributed by atoms with Gasteiger partial charge in [0.25, 0.3) is 5.91 Å². The van der Waals surface area contributed by atoms with Crippen LogP contribution in [0.5, 0.6) is 0 Å². The summed E-state index contributed by atoms with van der Waals surface area (Å²) in [5, 5.41) is 3.00. The summed E-state index contributed by atoms with van der Waals surface area (Å²) in [5.41, 5.74) is 2.51. The third-order valence-electron chi connectivity index (χ3n) is 6.96. The van der Waals surface area contributed by atoms with Crippen LogP contribution in [-0.4, -0.2) is 47.9 Å². The summed E-state index contributed by atoms with van der Waals surface area (Å²) in [6, 6.07) is 15.3. The van der Waals surface area contributed by atoms with Gasteiger partial charge in [-0.15, -0.1) is 0 Å². The molecule has 3 aliphatic rings. The summed E-state index contributed by atoms with van der Waals surface area (Å²) < 4.78 is 0. The number of para-hydroxylation sites is 2. The maximum atomic E-state index is 13.3. The van der Waals surface area contributed by atoms with Crippen LogP contribution < -0.4 is 15.1 Å². The highest BCUT2D eigenvalue weighted by molar-refractivity contribution is 6.11. The molecule has 2 fully saturated rings. The first-order valence-electron chi connectivity index (χ1n) is 11.3. The van der Waals surface area contributed by atoms with E-state index in [2.05, 4.69) is 16.3 Å². The molecule has 3 amide bonds. The Morgan fingerprint density at radius 3 is 2.47 bits per heavy atom. The van der Waals surface area contributed by atoms with E-state index in [1.54, 1.807) is 28.0 Å². The molecule has 2 aromatic carbocycles. The number of benzene rings is 2. The Balaban J connectivity index is 1.34. The Bertz CT molecular complexity index is 1080. The van der Waals surface area contributed by atoms with Gasteiger partial charge in [-0.05, 0) is 49.9 Å². The van der Waals surface area contributed by atoms with Gasteiger partial charge < -0.3 is 15.1 Å². The monoisotopic (exact) mass is 432 g/mol. The second kappa shape index (κ2) is 7.97. The van der Waals surface area contributed by atoms with Crippen molar-refractivity contribution in [2.75, 3.05) is 29.4 Å². The Morgan fingerprint density at radius 2 is 1.69 bits per heavy atom.